The van der Waals surface area contributed by atoms with Crippen LogP contribution >= 0.6 is 0 Å². The average Bonchev–Trinajstić information content (AvgIpc) is 2.60. The lowest BCUT2D eigenvalue weighted by Gasteiger charge is -2.37. The lowest BCUT2D eigenvalue weighted by molar-refractivity contribution is -0.229. The minimum atomic E-state index is -1.39. The summed E-state index contributed by atoms with van der Waals surface area (Å²) in [5.41, 5.74) is 0.554. The Morgan fingerprint density at radius 3 is 2.08 bits per heavy atom. The number of ether oxygens (including phenoxy) is 2. The minimum Gasteiger partial charge on any atom is -0.352 e. The Balaban J connectivity index is 1.53. The number of hydrogen-bond donors (Lipinski definition) is 0. The highest BCUT2D eigenvalue weighted by Gasteiger charge is 2.33. The second kappa shape index (κ2) is 7.87. The van der Waals surface area contributed by atoms with Gasteiger partial charge in [0, 0.05) is 11.8 Å². The van der Waals surface area contributed by atoms with Crippen LogP contribution in [-0.4, -0.2) is 19.5 Å². The predicted octanol–water partition coefficient (Wildman–Crippen LogP) is 5.17. The molecule has 0 amide bonds. The molecule has 0 unspecified atom stereocenters. The van der Waals surface area contributed by atoms with E-state index in [9.17, 15) is 13.2 Å². The summed E-state index contributed by atoms with van der Waals surface area (Å²) < 4.78 is 51.7. The summed E-state index contributed by atoms with van der Waals surface area (Å²) >= 11 is 0. The monoisotopic (exact) mass is 342 g/mol. The van der Waals surface area contributed by atoms with Gasteiger partial charge in [-0.3, -0.25) is 0 Å². The molecule has 3 rings (SSSR count). The Bertz CT molecular complexity index is 525. The zero-order valence-corrected chi connectivity index (χ0v) is 14.1. The van der Waals surface area contributed by atoms with Crippen molar-refractivity contribution in [3.05, 3.63) is 35.1 Å². The van der Waals surface area contributed by atoms with Crippen LogP contribution in [0.1, 0.15) is 56.9 Å². The number of hydrogen-bond acceptors (Lipinski definition) is 2. The quantitative estimate of drug-likeness (QED) is 0.703. The molecule has 1 aliphatic carbocycles. The topological polar surface area (TPSA) is 18.5 Å². The van der Waals surface area contributed by atoms with Gasteiger partial charge in [-0.25, -0.2) is 13.2 Å². The van der Waals surface area contributed by atoms with E-state index in [0.29, 0.717) is 17.4 Å². The van der Waals surface area contributed by atoms with E-state index in [0.717, 1.165) is 63.9 Å². The van der Waals surface area contributed by atoms with Crippen molar-refractivity contribution in [3.63, 3.8) is 0 Å². The molecule has 0 radical (unpaired) electrons. The fourth-order valence-corrected chi connectivity index (χ4v) is 3.94. The summed E-state index contributed by atoms with van der Waals surface area (Å²) in [5.74, 6) is -2.70. The standard InChI is InChI=1S/C19H25F3O2/c1-2-3-12-10-23-19(24-11-12)14-6-4-13(5-7-14)15-8-16(20)18(22)17(21)9-15/h8-9,12-14,19H,2-7,10-11H2,1H3. The molecule has 0 atom stereocenters. The SMILES string of the molecule is CCCC1COC(C2CCC(c3cc(F)c(F)c(F)c3)CC2)OC1. The Morgan fingerprint density at radius 1 is 0.958 bits per heavy atom. The van der Waals surface area contributed by atoms with Crippen molar-refractivity contribution in [2.45, 2.75) is 57.7 Å². The zero-order chi connectivity index (χ0) is 17.1. The van der Waals surface area contributed by atoms with E-state index >= 15 is 0 Å². The third-order valence-electron chi connectivity index (χ3n) is 5.32. The van der Waals surface area contributed by atoms with E-state index in [1.165, 1.54) is 0 Å². The van der Waals surface area contributed by atoms with Crippen molar-refractivity contribution < 1.29 is 22.6 Å². The molecule has 5 heteroatoms. The van der Waals surface area contributed by atoms with Gasteiger partial charge in [0.2, 0.25) is 0 Å². The fourth-order valence-electron chi connectivity index (χ4n) is 3.94. The molecule has 1 saturated heterocycles. The van der Waals surface area contributed by atoms with E-state index in [1.807, 2.05) is 0 Å². The van der Waals surface area contributed by atoms with E-state index in [1.54, 1.807) is 0 Å². The van der Waals surface area contributed by atoms with E-state index in [2.05, 4.69) is 6.92 Å². The smallest absolute Gasteiger partial charge is 0.194 e. The first-order valence-corrected chi connectivity index (χ1v) is 8.96. The van der Waals surface area contributed by atoms with Crippen molar-refractivity contribution in [1.29, 1.82) is 0 Å². The molecule has 134 valence electrons. The minimum absolute atomic E-state index is 0.0716. The molecule has 0 N–H and O–H groups in total. The first-order chi connectivity index (χ1) is 11.6. The maximum absolute atomic E-state index is 13.4. The molecule has 1 aromatic rings. The molecule has 2 fully saturated rings. The maximum Gasteiger partial charge on any atom is 0.194 e. The molecular formula is C19H25F3O2. The van der Waals surface area contributed by atoms with Gasteiger partial charge < -0.3 is 9.47 Å². The third-order valence-corrected chi connectivity index (χ3v) is 5.32. The molecular weight excluding hydrogens is 317 g/mol. The van der Waals surface area contributed by atoms with Crippen LogP contribution in [0.15, 0.2) is 12.1 Å². The third kappa shape index (κ3) is 3.94. The first-order valence-electron chi connectivity index (χ1n) is 8.96. The van der Waals surface area contributed by atoms with Crippen LogP contribution in [0.5, 0.6) is 0 Å². The zero-order valence-electron chi connectivity index (χ0n) is 14.1. The average molecular weight is 342 g/mol. The number of rotatable bonds is 4. The highest BCUT2D eigenvalue weighted by atomic mass is 19.2. The summed E-state index contributed by atoms with van der Waals surface area (Å²) in [5, 5.41) is 0. The van der Waals surface area contributed by atoms with Gasteiger partial charge in [-0.2, -0.15) is 0 Å². The van der Waals surface area contributed by atoms with Gasteiger partial charge in [-0.1, -0.05) is 13.3 Å². The molecule has 1 aromatic carbocycles. The molecule has 2 aliphatic rings. The number of halogens is 3. The first kappa shape index (κ1) is 17.7. The van der Waals surface area contributed by atoms with Gasteiger partial charge in [0.25, 0.3) is 0 Å². The highest BCUT2D eigenvalue weighted by molar-refractivity contribution is 5.23. The van der Waals surface area contributed by atoms with Crippen LogP contribution in [0.3, 0.4) is 0 Å². The fraction of sp³-hybridized carbons (Fsp3) is 0.684. The molecule has 1 aliphatic heterocycles. The second-order valence-electron chi connectivity index (χ2n) is 7.10. The van der Waals surface area contributed by atoms with Crippen LogP contribution in [0.2, 0.25) is 0 Å². The Hall–Kier alpha value is -1.07. The Kier molecular flexibility index (Phi) is 5.82. The molecule has 0 aromatic heterocycles. The van der Waals surface area contributed by atoms with Gasteiger partial charge in [-0.05, 0) is 55.7 Å². The molecule has 1 saturated carbocycles. The molecule has 2 nitrogen and oxygen atoms in total. The Labute approximate surface area is 141 Å². The molecule has 0 spiro atoms. The largest absolute Gasteiger partial charge is 0.352 e. The van der Waals surface area contributed by atoms with Gasteiger partial charge >= 0.3 is 0 Å². The van der Waals surface area contributed by atoms with E-state index < -0.39 is 17.5 Å². The van der Waals surface area contributed by atoms with E-state index in [4.69, 9.17) is 9.47 Å². The normalized spacial score (nSPS) is 31.2. The summed E-state index contributed by atoms with van der Waals surface area (Å²) in [6.45, 7) is 3.67. The van der Waals surface area contributed by atoms with E-state index in [-0.39, 0.29) is 12.2 Å². The second-order valence-corrected chi connectivity index (χ2v) is 7.10. The lowest BCUT2D eigenvalue weighted by Crippen LogP contribution is -2.38. The van der Waals surface area contributed by atoms with Crippen molar-refractivity contribution in [2.75, 3.05) is 13.2 Å². The summed E-state index contributed by atoms with van der Waals surface area (Å²) in [6, 6.07) is 2.26. The van der Waals surface area contributed by atoms with Crippen molar-refractivity contribution >= 4 is 0 Å². The summed E-state index contributed by atoms with van der Waals surface area (Å²) in [7, 11) is 0. The number of benzene rings is 1. The van der Waals surface area contributed by atoms with Crippen LogP contribution in [0, 0.1) is 29.3 Å². The van der Waals surface area contributed by atoms with Crippen LogP contribution in [0.4, 0.5) is 13.2 Å². The highest BCUT2D eigenvalue weighted by Crippen LogP contribution is 2.39. The van der Waals surface area contributed by atoms with Crippen LogP contribution in [-0.2, 0) is 9.47 Å². The molecule has 0 bridgehead atoms. The van der Waals surface area contributed by atoms with Crippen molar-refractivity contribution in [3.8, 4) is 0 Å². The van der Waals surface area contributed by atoms with Gasteiger partial charge in [0.1, 0.15) is 0 Å². The van der Waals surface area contributed by atoms with Gasteiger partial charge in [-0.15, -0.1) is 0 Å². The van der Waals surface area contributed by atoms with Crippen LogP contribution < -0.4 is 0 Å². The van der Waals surface area contributed by atoms with Gasteiger partial charge in [0.15, 0.2) is 23.7 Å². The van der Waals surface area contributed by atoms with Crippen molar-refractivity contribution in [1.82, 2.24) is 0 Å². The Morgan fingerprint density at radius 2 is 1.54 bits per heavy atom. The summed E-state index contributed by atoms with van der Waals surface area (Å²) in [6.07, 6.45) is 5.54. The lowest BCUT2D eigenvalue weighted by atomic mass is 9.78. The predicted molar refractivity (Wildman–Crippen MR) is 85.1 cm³/mol. The van der Waals surface area contributed by atoms with Crippen molar-refractivity contribution in [2.24, 2.45) is 11.8 Å². The van der Waals surface area contributed by atoms with Crippen LogP contribution in [0.25, 0.3) is 0 Å². The maximum atomic E-state index is 13.4. The summed E-state index contributed by atoms with van der Waals surface area (Å²) in [4.78, 5) is 0. The molecule has 24 heavy (non-hydrogen) atoms. The molecule has 1 heterocycles. The van der Waals surface area contributed by atoms with Gasteiger partial charge in [0.05, 0.1) is 13.2 Å².